The van der Waals surface area contributed by atoms with Crippen molar-refractivity contribution < 1.29 is 9.13 Å². The average Bonchev–Trinajstić information content (AvgIpc) is 3.04. The van der Waals surface area contributed by atoms with Crippen molar-refractivity contribution in [3.63, 3.8) is 0 Å². The van der Waals surface area contributed by atoms with E-state index in [1.165, 1.54) is 6.07 Å². The van der Waals surface area contributed by atoms with Crippen LogP contribution in [0.15, 0.2) is 36.4 Å². The van der Waals surface area contributed by atoms with Crippen LogP contribution >= 0.6 is 0 Å². The highest BCUT2D eigenvalue weighted by Crippen LogP contribution is 2.17. The maximum atomic E-state index is 13.1. The maximum Gasteiger partial charge on any atom is 0.123 e. The first kappa shape index (κ1) is 19.7. The fourth-order valence-corrected chi connectivity index (χ4v) is 3.63. The average molecular weight is 372 g/mol. The summed E-state index contributed by atoms with van der Waals surface area (Å²) in [6.07, 6.45) is 1.64. The predicted molar refractivity (Wildman–Crippen MR) is 106 cm³/mol. The molecular weight excluding hydrogens is 343 g/mol. The Balaban J connectivity index is 1.36. The molecule has 146 valence electrons. The standard InChI is InChI=1S/C21H29FN4O/c1-15-9-19(26-21(23)10-15)12-17-13-24-14-20(17)25-6-8-27-7-5-16-3-2-4-18(22)11-16/h2-4,9-11,17,20,24-25H,5-8,12-14H2,1H3,(H2,23,26)/t17-,20+/m1/s1. The van der Waals surface area contributed by atoms with Gasteiger partial charge in [-0.3, -0.25) is 0 Å². The molecule has 1 aliphatic rings. The SMILES string of the molecule is Cc1cc(N)nc(C[C@@H]2CNC[C@@H]2NCCOCCc2cccc(F)c2)c1. The second-order valence-electron chi connectivity index (χ2n) is 7.24. The molecule has 0 radical (unpaired) electrons. The second kappa shape index (κ2) is 9.78. The first-order valence-electron chi connectivity index (χ1n) is 9.59. The zero-order chi connectivity index (χ0) is 19.1. The first-order chi connectivity index (χ1) is 13.1. The van der Waals surface area contributed by atoms with Crippen molar-refractivity contribution in [2.75, 3.05) is 38.6 Å². The molecule has 2 heterocycles. The first-order valence-corrected chi connectivity index (χ1v) is 9.59. The Bertz CT molecular complexity index is 720. The number of aromatic nitrogens is 1. The van der Waals surface area contributed by atoms with Gasteiger partial charge >= 0.3 is 0 Å². The summed E-state index contributed by atoms with van der Waals surface area (Å²) in [5.41, 5.74) is 9.04. The molecule has 0 aliphatic carbocycles. The minimum Gasteiger partial charge on any atom is -0.384 e. The lowest BCUT2D eigenvalue weighted by molar-refractivity contribution is 0.135. The zero-order valence-electron chi connectivity index (χ0n) is 15.9. The van der Waals surface area contributed by atoms with Crippen LogP contribution in [-0.2, 0) is 17.6 Å². The lowest BCUT2D eigenvalue weighted by Crippen LogP contribution is -2.39. The quantitative estimate of drug-likeness (QED) is 0.588. The van der Waals surface area contributed by atoms with Gasteiger partial charge in [0.1, 0.15) is 11.6 Å². The van der Waals surface area contributed by atoms with E-state index in [0.717, 1.165) is 49.3 Å². The molecule has 0 unspecified atom stereocenters. The number of nitrogens with zero attached hydrogens (tertiary/aromatic N) is 1. The third kappa shape index (κ3) is 6.27. The summed E-state index contributed by atoms with van der Waals surface area (Å²) >= 11 is 0. The number of anilines is 1. The number of rotatable bonds is 9. The molecular formula is C21H29FN4O. The van der Waals surface area contributed by atoms with Gasteiger partial charge in [0.2, 0.25) is 0 Å². The molecule has 3 rings (SSSR count). The van der Waals surface area contributed by atoms with Crippen molar-refractivity contribution in [3.8, 4) is 0 Å². The number of nitrogens with two attached hydrogens (primary N) is 1. The highest BCUT2D eigenvalue weighted by Gasteiger charge is 2.27. The number of hydrogen-bond acceptors (Lipinski definition) is 5. The Morgan fingerprint density at radius 1 is 1.26 bits per heavy atom. The van der Waals surface area contributed by atoms with Crippen molar-refractivity contribution in [1.82, 2.24) is 15.6 Å². The number of nitrogens with one attached hydrogen (secondary N) is 2. The molecule has 2 aromatic rings. The fourth-order valence-electron chi connectivity index (χ4n) is 3.63. The molecule has 0 amide bonds. The number of ether oxygens (including phenoxy) is 1. The van der Waals surface area contributed by atoms with Gasteiger partial charge in [-0.15, -0.1) is 0 Å². The fraction of sp³-hybridized carbons (Fsp3) is 0.476. The van der Waals surface area contributed by atoms with E-state index in [4.69, 9.17) is 10.5 Å². The van der Waals surface area contributed by atoms with Gasteiger partial charge in [0, 0.05) is 24.8 Å². The van der Waals surface area contributed by atoms with Crippen molar-refractivity contribution in [2.24, 2.45) is 5.92 Å². The number of aryl methyl sites for hydroxylation is 1. The third-order valence-corrected chi connectivity index (χ3v) is 4.93. The van der Waals surface area contributed by atoms with E-state index in [-0.39, 0.29) is 5.82 Å². The number of nitrogen functional groups attached to an aromatic ring is 1. The summed E-state index contributed by atoms with van der Waals surface area (Å²) in [5, 5.41) is 7.04. The molecule has 6 heteroatoms. The molecule has 4 N–H and O–H groups in total. The van der Waals surface area contributed by atoms with Gasteiger partial charge in [-0.25, -0.2) is 9.37 Å². The summed E-state index contributed by atoms with van der Waals surface area (Å²) in [6.45, 7) is 6.03. The van der Waals surface area contributed by atoms with E-state index in [0.29, 0.717) is 31.0 Å². The van der Waals surface area contributed by atoms with Crippen LogP contribution in [-0.4, -0.2) is 43.9 Å². The molecule has 1 aliphatic heterocycles. The molecule has 5 nitrogen and oxygen atoms in total. The van der Waals surface area contributed by atoms with Crippen LogP contribution in [0.1, 0.15) is 16.8 Å². The predicted octanol–water partition coefficient (Wildman–Crippen LogP) is 2.09. The van der Waals surface area contributed by atoms with Gasteiger partial charge in [0.15, 0.2) is 0 Å². The van der Waals surface area contributed by atoms with Gasteiger partial charge in [-0.2, -0.15) is 0 Å². The summed E-state index contributed by atoms with van der Waals surface area (Å²) in [4.78, 5) is 4.46. The van der Waals surface area contributed by atoms with Gasteiger partial charge in [0.05, 0.1) is 13.2 Å². The Morgan fingerprint density at radius 2 is 2.15 bits per heavy atom. The smallest absolute Gasteiger partial charge is 0.123 e. The molecule has 1 fully saturated rings. The number of benzene rings is 1. The van der Waals surface area contributed by atoms with E-state index in [9.17, 15) is 4.39 Å². The molecule has 27 heavy (non-hydrogen) atoms. The zero-order valence-corrected chi connectivity index (χ0v) is 15.9. The molecule has 1 saturated heterocycles. The topological polar surface area (TPSA) is 72.2 Å². The molecule has 1 aromatic carbocycles. The highest BCUT2D eigenvalue weighted by molar-refractivity contribution is 5.34. The van der Waals surface area contributed by atoms with Gasteiger partial charge in [-0.1, -0.05) is 12.1 Å². The number of pyridine rings is 1. The van der Waals surface area contributed by atoms with Crippen molar-refractivity contribution in [3.05, 3.63) is 59.0 Å². The molecule has 2 atom stereocenters. The number of hydrogen-bond donors (Lipinski definition) is 3. The minimum atomic E-state index is -0.196. The monoisotopic (exact) mass is 372 g/mol. The van der Waals surface area contributed by atoms with Crippen LogP contribution in [0.5, 0.6) is 0 Å². The molecule has 0 saturated carbocycles. The van der Waals surface area contributed by atoms with Crippen LogP contribution in [0.2, 0.25) is 0 Å². The Labute approximate surface area is 160 Å². The van der Waals surface area contributed by atoms with E-state index in [1.54, 1.807) is 12.1 Å². The third-order valence-electron chi connectivity index (χ3n) is 4.93. The van der Waals surface area contributed by atoms with Crippen LogP contribution in [0.4, 0.5) is 10.2 Å². The maximum absolute atomic E-state index is 13.1. The van der Waals surface area contributed by atoms with Gasteiger partial charge < -0.3 is 21.1 Å². The van der Waals surface area contributed by atoms with Gasteiger partial charge in [0.25, 0.3) is 0 Å². The Kier molecular flexibility index (Phi) is 7.15. The van der Waals surface area contributed by atoms with E-state index in [2.05, 4.69) is 21.7 Å². The van der Waals surface area contributed by atoms with Crippen LogP contribution in [0.3, 0.4) is 0 Å². The lowest BCUT2D eigenvalue weighted by Gasteiger charge is -2.20. The molecule has 0 bridgehead atoms. The Morgan fingerprint density at radius 3 is 2.96 bits per heavy atom. The summed E-state index contributed by atoms with van der Waals surface area (Å²) in [7, 11) is 0. The van der Waals surface area contributed by atoms with E-state index < -0.39 is 0 Å². The van der Waals surface area contributed by atoms with Gasteiger partial charge in [-0.05, 0) is 67.6 Å². The van der Waals surface area contributed by atoms with Crippen LogP contribution in [0.25, 0.3) is 0 Å². The van der Waals surface area contributed by atoms with E-state index in [1.807, 2.05) is 19.1 Å². The van der Waals surface area contributed by atoms with Crippen molar-refractivity contribution in [1.29, 1.82) is 0 Å². The Hall–Kier alpha value is -2.02. The summed E-state index contributed by atoms with van der Waals surface area (Å²) < 4.78 is 18.8. The highest BCUT2D eigenvalue weighted by atomic mass is 19.1. The number of halogens is 1. The summed E-state index contributed by atoms with van der Waals surface area (Å²) in [6, 6.07) is 11.1. The minimum absolute atomic E-state index is 0.196. The molecule has 0 spiro atoms. The van der Waals surface area contributed by atoms with Crippen LogP contribution in [0, 0.1) is 18.7 Å². The van der Waals surface area contributed by atoms with Crippen LogP contribution < -0.4 is 16.4 Å². The largest absolute Gasteiger partial charge is 0.384 e. The lowest BCUT2D eigenvalue weighted by atomic mass is 9.97. The summed E-state index contributed by atoms with van der Waals surface area (Å²) in [5.74, 6) is 0.886. The second-order valence-corrected chi connectivity index (χ2v) is 7.24. The molecule has 1 aromatic heterocycles. The van der Waals surface area contributed by atoms with Crippen molar-refractivity contribution in [2.45, 2.75) is 25.8 Å². The normalized spacial score (nSPS) is 19.5. The van der Waals surface area contributed by atoms with Crippen molar-refractivity contribution >= 4 is 5.82 Å². The van der Waals surface area contributed by atoms with E-state index >= 15 is 0 Å².